The first kappa shape index (κ1) is 12.4. The van der Waals surface area contributed by atoms with E-state index in [0.717, 1.165) is 4.88 Å². The molecule has 3 N–H and O–H groups in total. The lowest BCUT2D eigenvalue weighted by Gasteiger charge is -2.14. The quantitative estimate of drug-likeness (QED) is 0.664. The Morgan fingerprint density at radius 3 is 3.00 bits per heavy atom. The van der Waals surface area contributed by atoms with Crippen molar-refractivity contribution in [2.45, 2.75) is 12.5 Å². The maximum Gasteiger partial charge on any atom is 0.126 e. The Balaban J connectivity index is 2.21. The number of rotatable bonds is 4. The van der Waals surface area contributed by atoms with Gasteiger partial charge < -0.3 is 0 Å². The Kier molecular flexibility index (Phi) is 4.06. The maximum atomic E-state index is 13.6. The molecule has 90 valence electrons. The van der Waals surface area contributed by atoms with E-state index >= 15 is 0 Å². The molecule has 3 nitrogen and oxygen atoms in total. The van der Waals surface area contributed by atoms with E-state index in [4.69, 9.17) is 17.4 Å². The number of thiazole rings is 1. The second kappa shape index (κ2) is 5.55. The van der Waals surface area contributed by atoms with E-state index in [-0.39, 0.29) is 11.9 Å². The summed E-state index contributed by atoms with van der Waals surface area (Å²) < 4.78 is 13.6. The Morgan fingerprint density at radius 1 is 1.53 bits per heavy atom. The number of hydrogen-bond donors (Lipinski definition) is 2. The third-order valence-electron chi connectivity index (χ3n) is 2.43. The van der Waals surface area contributed by atoms with Crippen LogP contribution >= 0.6 is 22.9 Å². The maximum absolute atomic E-state index is 13.6. The van der Waals surface area contributed by atoms with Gasteiger partial charge in [0.05, 0.1) is 11.6 Å². The fraction of sp³-hybridized carbons (Fsp3) is 0.182. The van der Waals surface area contributed by atoms with Crippen molar-refractivity contribution in [1.29, 1.82) is 0 Å². The molecule has 1 aromatic carbocycles. The normalized spacial score (nSPS) is 12.6. The molecule has 2 aromatic rings. The number of aromatic nitrogens is 1. The average molecular weight is 272 g/mol. The van der Waals surface area contributed by atoms with Gasteiger partial charge in [0.15, 0.2) is 0 Å². The van der Waals surface area contributed by atoms with E-state index in [2.05, 4.69) is 10.4 Å². The monoisotopic (exact) mass is 271 g/mol. The Hall–Kier alpha value is -1.01. The van der Waals surface area contributed by atoms with Crippen LogP contribution in [0.15, 0.2) is 29.9 Å². The minimum absolute atomic E-state index is 0.157. The van der Waals surface area contributed by atoms with Gasteiger partial charge in [0.25, 0.3) is 0 Å². The van der Waals surface area contributed by atoms with Gasteiger partial charge in [-0.15, -0.1) is 11.3 Å². The zero-order valence-corrected chi connectivity index (χ0v) is 10.4. The van der Waals surface area contributed by atoms with Crippen LogP contribution in [0, 0.1) is 5.82 Å². The van der Waals surface area contributed by atoms with Gasteiger partial charge in [-0.05, 0) is 30.2 Å². The highest BCUT2D eigenvalue weighted by Crippen LogP contribution is 2.24. The second-order valence-corrected chi connectivity index (χ2v) is 4.92. The Labute approximate surface area is 107 Å². The van der Waals surface area contributed by atoms with Crippen LogP contribution in [0.5, 0.6) is 0 Å². The first-order chi connectivity index (χ1) is 8.20. The predicted molar refractivity (Wildman–Crippen MR) is 67.3 cm³/mol. The first-order valence-electron chi connectivity index (χ1n) is 4.99. The summed E-state index contributed by atoms with van der Waals surface area (Å²) in [5, 5.41) is 0.515. The minimum Gasteiger partial charge on any atom is -0.271 e. The van der Waals surface area contributed by atoms with Gasteiger partial charge in [-0.25, -0.2) is 4.39 Å². The van der Waals surface area contributed by atoms with Crippen molar-refractivity contribution >= 4 is 22.9 Å². The van der Waals surface area contributed by atoms with Crippen LogP contribution in [0.1, 0.15) is 16.5 Å². The Bertz CT molecular complexity index is 489. The lowest BCUT2D eigenvalue weighted by Crippen LogP contribution is -2.29. The van der Waals surface area contributed by atoms with Crippen LogP contribution in [-0.2, 0) is 6.42 Å². The molecule has 0 saturated carbocycles. The van der Waals surface area contributed by atoms with Crippen molar-refractivity contribution in [3.8, 4) is 0 Å². The number of nitrogens with two attached hydrogens (primary N) is 1. The van der Waals surface area contributed by atoms with Gasteiger partial charge in [-0.3, -0.25) is 16.3 Å². The topological polar surface area (TPSA) is 50.9 Å². The first-order valence-corrected chi connectivity index (χ1v) is 6.25. The van der Waals surface area contributed by atoms with Crippen molar-refractivity contribution in [2.75, 3.05) is 0 Å². The van der Waals surface area contributed by atoms with E-state index in [9.17, 15) is 4.39 Å². The van der Waals surface area contributed by atoms with Crippen molar-refractivity contribution in [1.82, 2.24) is 10.4 Å². The molecule has 1 heterocycles. The fourth-order valence-electron chi connectivity index (χ4n) is 1.56. The molecule has 0 fully saturated rings. The molecule has 1 atom stereocenters. The van der Waals surface area contributed by atoms with Gasteiger partial charge in [-0.1, -0.05) is 11.6 Å². The van der Waals surface area contributed by atoms with Crippen molar-refractivity contribution in [2.24, 2.45) is 5.84 Å². The molecule has 2 rings (SSSR count). The summed E-state index contributed by atoms with van der Waals surface area (Å²) in [6.45, 7) is 0. The zero-order valence-electron chi connectivity index (χ0n) is 8.86. The van der Waals surface area contributed by atoms with Crippen LogP contribution < -0.4 is 11.3 Å². The number of nitrogens with one attached hydrogen (secondary N) is 1. The van der Waals surface area contributed by atoms with Crippen LogP contribution in [0.25, 0.3) is 0 Å². The van der Waals surface area contributed by atoms with E-state index < -0.39 is 0 Å². The van der Waals surface area contributed by atoms with E-state index in [1.54, 1.807) is 17.8 Å². The zero-order chi connectivity index (χ0) is 12.3. The molecule has 0 bridgehead atoms. The summed E-state index contributed by atoms with van der Waals surface area (Å²) in [6.07, 6.45) is 2.16. The minimum atomic E-state index is -0.279. The van der Waals surface area contributed by atoms with Gasteiger partial charge in [0.1, 0.15) is 5.82 Å². The summed E-state index contributed by atoms with van der Waals surface area (Å²) in [6, 6.07) is 4.34. The van der Waals surface area contributed by atoms with Crippen molar-refractivity contribution in [3.63, 3.8) is 0 Å². The Morgan fingerprint density at radius 2 is 2.35 bits per heavy atom. The standard InChI is InChI=1S/C11H11ClFN3S/c12-8-1-2-9(13)7(3-8)4-10(16-14)11-5-15-6-17-11/h1-3,5-6,10,16H,4,14H2. The largest absolute Gasteiger partial charge is 0.271 e. The number of halogens is 2. The third-order valence-corrected chi connectivity index (χ3v) is 3.55. The van der Waals surface area contributed by atoms with E-state index in [1.807, 2.05) is 0 Å². The molecule has 17 heavy (non-hydrogen) atoms. The molecule has 0 radical (unpaired) electrons. The smallest absolute Gasteiger partial charge is 0.126 e. The molecule has 0 aliphatic heterocycles. The molecule has 6 heteroatoms. The lowest BCUT2D eigenvalue weighted by molar-refractivity contribution is 0.535. The SMILES string of the molecule is NNC(Cc1cc(Cl)ccc1F)c1cncs1. The summed E-state index contributed by atoms with van der Waals surface area (Å²) >= 11 is 7.32. The van der Waals surface area contributed by atoms with Crippen molar-refractivity contribution < 1.29 is 4.39 Å². The number of hydrogen-bond acceptors (Lipinski definition) is 4. The second-order valence-electron chi connectivity index (χ2n) is 3.56. The number of hydrazine groups is 1. The number of benzene rings is 1. The molecule has 0 aliphatic carbocycles. The van der Waals surface area contributed by atoms with Crippen molar-refractivity contribution in [3.05, 3.63) is 51.2 Å². The molecule has 0 spiro atoms. The van der Waals surface area contributed by atoms with Gasteiger partial charge in [0.2, 0.25) is 0 Å². The molecule has 0 amide bonds. The van der Waals surface area contributed by atoms with Crippen LogP contribution in [0.3, 0.4) is 0 Å². The van der Waals surface area contributed by atoms with E-state index in [0.29, 0.717) is 17.0 Å². The fourth-order valence-corrected chi connectivity index (χ4v) is 2.43. The summed E-state index contributed by atoms with van der Waals surface area (Å²) in [4.78, 5) is 4.94. The molecular formula is C11H11ClFN3S. The van der Waals surface area contributed by atoms with E-state index in [1.165, 1.54) is 23.5 Å². The summed E-state index contributed by atoms with van der Waals surface area (Å²) in [7, 11) is 0. The summed E-state index contributed by atoms with van der Waals surface area (Å²) in [5.41, 5.74) is 4.91. The van der Waals surface area contributed by atoms with Crippen LogP contribution in [0.2, 0.25) is 5.02 Å². The third kappa shape index (κ3) is 3.01. The van der Waals surface area contributed by atoms with Gasteiger partial charge >= 0.3 is 0 Å². The molecule has 0 saturated heterocycles. The molecule has 1 aromatic heterocycles. The molecule has 0 aliphatic rings. The average Bonchev–Trinajstić information content (AvgIpc) is 2.84. The predicted octanol–water partition coefficient (Wildman–Crippen LogP) is 2.68. The highest BCUT2D eigenvalue weighted by atomic mass is 35.5. The highest BCUT2D eigenvalue weighted by Gasteiger charge is 2.14. The summed E-state index contributed by atoms with van der Waals surface area (Å²) in [5.74, 6) is 5.19. The van der Waals surface area contributed by atoms with Gasteiger partial charge in [-0.2, -0.15) is 0 Å². The molecular weight excluding hydrogens is 261 g/mol. The van der Waals surface area contributed by atoms with Crippen LogP contribution in [-0.4, -0.2) is 4.98 Å². The molecule has 1 unspecified atom stereocenters. The lowest BCUT2D eigenvalue weighted by atomic mass is 10.1. The van der Waals surface area contributed by atoms with Gasteiger partial charge in [0, 0.05) is 16.1 Å². The number of nitrogens with zero attached hydrogens (tertiary/aromatic N) is 1. The van der Waals surface area contributed by atoms with Crippen LogP contribution in [0.4, 0.5) is 4.39 Å². The highest BCUT2D eigenvalue weighted by molar-refractivity contribution is 7.09.